The van der Waals surface area contributed by atoms with Gasteiger partial charge in [-0.05, 0) is 40.8 Å². The van der Waals surface area contributed by atoms with E-state index in [1.807, 2.05) is 0 Å². The van der Waals surface area contributed by atoms with E-state index in [0.29, 0.717) is 11.1 Å². The lowest BCUT2D eigenvalue weighted by Gasteiger charge is -2.03. The largest absolute Gasteiger partial charge is 0.358 e. The van der Waals surface area contributed by atoms with Crippen LogP contribution >= 0.6 is 11.6 Å². The molecule has 4 rings (SSSR count). The zero-order valence-electron chi connectivity index (χ0n) is 15.2. The van der Waals surface area contributed by atoms with Crippen LogP contribution in [-0.2, 0) is 15.6 Å². The van der Waals surface area contributed by atoms with Crippen molar-refractivity contribution in [1.82, 2.24) is 9.38 Å². The number of rotatable bonds is 5. The average Bonchev–Trinajstić information content (AvgIpc) is 3.05. The van der Waals surface area contributed by atoms with E-state index < -0.39 is 32.1 Å². The molecule has 10 heteroatoms. The molecule has 7 nitrogen and oxygen atoms in total. The van der Waals surface area contributed by atoms with Crippen LogP contribution in [0.4, 0.5) is 10.2 Å². The van der Waals surface area contributed by atoms with Crippen LogP contribution in [-0.4, -0.2) is 22.7 Å². The van der Waals surface area contributed by atoms with Crippen molar-refractivity contribution in [1.29, 1.82) is 0 Å². The Bertz CT molecular complexity index is 1370. The van der Waals surface area contributed by atoms with E-state index >= 15 is 0 Å². The summed E-state index contributed by atoms with van der Waals surface area (Å²) in [5.41, 5.74) is 0.876. The highest BCUT2D eigenvalue weighted by Gasteiger charge is 2.29. The van der Waals surface area contributed by atoms with Crippen molar-refractivity contribution < 1.29 is 17.7 Å². The maximum absolute atomic E-state index is 13.3. The Labute approximate surface area is 175 Å². The van der Waals surface area contributed by atoms with Crippen LogP contribution < -0.4 is 0 Å². The summed E-state index contributed by atoms with van der Waals surface area (Å²) in [5.74, 6) is -1.59. The highest BCUT2D eigenvalue weighted by Crippen LogP contribution is 2.33. The van der Waals surface area contributed by atoms with Crippen LogP contribution in [0.1, 0.15) is 5.69 Å². The minimum Gasteiger partial charge on any atom is -0.358 e. The molecule has 0 saturated carbocycles. The Kier molecular flexibility index (Phi) is 5.00. The van der Waals surface area contributed by atoms with Crippen molar-refractivity contribution in [2.45, 2.75) is 10.6 Å². The molecule has 152 valence electrons. The van der Waals surface area contributed by atoms with Gasteiger partial charge < -0.3 is 10.1 Å². The Hall–Kier alpha value is -3.30. The first-order chi connectivity index (χ1) is 14.3. The summed E-state index contributed by atoms with van der Waals surface area (Å²) in [6, 6.07) is 14.6. The molecule has 0 aliphatic heterocycles. The van der Waals surface area contributed by atoms with Gasteiger partial charge >= 0.3 is 5.82 Å². The lowest BCUT2D eigenvalue weighted by Crippen LogP contribution is -2.07. The van der Waals surface area contributed by atoms with Gasteiger partial charge in [-0.25, -0.2) is 17.8 Å². The molecule has 0 atom stereocenters. The molecule has 0 aliphatic rings. The van der Waals surface area contributed by atoms with Gasteiger partial charge in [0.05, 0.1) is 15.5 Å². The average molecular weight is 446 g/mol. The SMILES string of the molecule is O=[N+]([O-])c1c(CS(=O)(=O)c2ccccc2)nc2c(-c3ccc(F)cc3)cc(Cl)cn12. The summed E-state index contributed by atoms with van der Waals surface area (Å²) >= 11 is 6.16. The smallest absolute Gasteiger partial charge is 0.352 e. The van der Waals surface area contributed by atoms with E-state index in [1.54, 1.807) is 18.2 Å². The molecule has 0 saturated heterocycles. The van der Waals surface area contributed by atoms with Crippen molar-refractivity contribution in [3.05, 3.63) is 93.5 Å². The number of aromatic nitrogens is 2. The molecule has 0 fully saturated rings. The number of sulfone groups is 1. The minimum atomic E-state index is -3.87. The molecule has 0 spiro atoms. The molecule has 0 aliphatic carbocycles. The second-order valence-corrected chi connectivity index (χ2v) is 8.91. The predicted molar refractivity (Wildman–Crippen MR) is 110 cm³/mol. The Morgan fingerprint density at radius 3 is 2.40 bits per heavy atom. The monoisotopic (exact) mass is 445 g/mol. The zero-order chi connectivity index (χ0) is 21.5. The third-order valence-electron chi connectivity index (χ3n) is 4.49. The van der Waals surface area contributed by atoms with Gasteiger partial charge in [0.15, 0.2) is 15.5 Å². The van der Waals surface area contributed by atoms with Gasteiger partial charge in [-0.15, -0.1) is 0 Å². The number of benzene rings is 2. The van der Waals surface area contributed by atoms with Gasteiger partial charge in [-0.3, -0.25) is 0 Å². The fraction of sp³-hybridized carbons (Fsp3) is 0.0500. The first kappa shape index (κ1) is 20.0. The topological polar surface area (TPSA) is 94.6 Å². The summed E-state index contributed by atoms with van der Waals surface area (Å²) in [5, 5.41) is 12.0. The van der Waals surface area contributed by atoms with E-state index in [9.17, 15) is 22.9 Å². The van der Waals surface area contributed by atoms with Crippen LogP contribution in [0, 0.1) is 15.9 Å². The Balaban J connectivity index is 1.93. The number of nitro groups is 1. The van der Waals surface area contributed by atoms with E-state index in [4.69, 9.17) is 11.6 Å². The molecule has 0 unspecified atom stereocenters. The molecule has 0 N–H and O–H groups in total. The number of halogens is 2. The normalized spacial score (nSPS) is 11.7. The van der Waals surface area contributed by atoms with Crippen LogP contribution in [0.5, 0.6) is 0 Å². The highest BCUT2D eigenvalue weighted by atomic mass is 35.5. The minimum absolute atomic E-state index is 0.0353. The first-order valence-corrected chi connectivity index (χ1v) is 10.7. The summed E-state index contributed by atoms with van der Waals surface area (Å²) < 4.78 is 40.0. The summed E-state index contributed by atoms with van der Waals surface area (Å²) in [7, 11) is -3.87. The molecule has 2 aromatic heterocycles. The van der Waals surface area contributed by atoms with Gasteiger partial charge in [0.25, 0.3) is 0 Å². The summed E-state index contributed by atoms with van der Waals surface area (Å²) in [6.45, 7) is 0. The van der Waals surface area contributed by atoms with E-state index in [0.717, 1.165) is 4.40 Å². The molecule has 30 heavy (non-hydrogen) atoms. The molecule has 0 radical (unpaired) electrons. The van der Waals surface area contributed by atoms with Gasteiger partial charge in [0.2, 0.25) is 5.65 Å². The number of fused-ring (bicyclic) bond motifs is 1. The van der Waals surface area contributed by atoms with Gasteiger partial charge in [-0.1, -0.05) is 41.9 Å². The maximum Gasteiger partial charge on any atom is 0.352 e. The third-order valence-corrected chi connectivity index (χ3v) is 6.34. The number of hydrogen-bond donors (Lipinski definition) is 0. The zero-order valence-corrected chi connectivity index (χ0v) is 16.8. The summed E-state index contributed by atoms with van der Waals surface area (Å²) in [6.07, 6.45) is 1.30. The standard InChI is InChI=1S/C20H13ClFN3O4S/c21-14-10-17(13-6-8-15(22)9-7-13)19-23-18(20(25(26)27)24(19)11-14)12-30(28,29)16-4-2-1-3-5-16/h1-11H,12H2. The highest BCUT2D eigenvalue weighted by molar-refractivity contribution is 7.90. The van der Waals surface area contributed by atoms with Crippen molar-refractivity contribution >= 4 is 32.9 Å². The van der Waals surface area contributed by atoms with Gasteiger partial charge in [-0.2, -0.15) is 4.40 Å². The van der Waals surface area contributed by atoms with Crippen LogP contribution in [0.2, 0.25) is 5.02 Å². The number of nitrogens with zero attached hydrogens (tertiary/aromatic N) is 3. The van der Waals surface area contributed by atoms with Crippen molar-refractivity contribution in [2.24, 2.45) is 0 Å². The van der Waals surface area contributed by atoms with E-state index in [2.05, 4.69) is 4.98 Å². The fourth-order valence-electron chi connectivity index (χ4n) is 3.17. The predicted octanol–water partition coefficient (Wildman–Crippen LogP) is 4.68. The quantitative estimate of drug-likeness (QED) is 0.328. The third kappa shape index (κ3) is 3.64. The van der Waals surface area contributed by atoms with E-state index in [-0.39, 0.29) is 21.3 Å². The molecule has 2 heterocycles. The van der Waals surface area contributed by atoms with Crippen molar-refractivity contribution in [2.75, 3.05) is 0 Å². The molecular weight excluding hydrogens is 433 g/mol. The van der Waals surface area contributed by atoms with Crippen molar-refractivity contribution in [3.8, 4) is 11.1 Å². The second-order valence-electron chi connectivity index (χ2n) is 6.48. The Morgan fingerprint density at radius 2 is 1.77 bits per heavy atom. The molecule has 0 bridgehead atoms. The Morgan fingerprint density at radius 1 is 1.10 bits per heavy atom. The number of imidazole rings is 1. The molecule has 2 aromatic carbocycles. The van der Waals surface area contributed by atoms with Crippen LogP contribution in [0.3, 0.4) is 0 Å². The lowest BCUT2D eigenvalue weighted by molar-refractivity contribution is -0.391. The summed E-state index contributed by atoms with van der Waals surface area (Å²) in [4.78, 5) is 15.4. The molecule has 4 aromatic rings. The first-order valence-electron chi connectivity index (χ1n) is 8.65. The van der Waals surface area contributed by atoms with E-state index in [1.165, 1.54) is 48.7 Å². The molecule has 0 amide bonds. The number of hydrogen-bond acceptors (Lipinski definition) is 5. The van der Waals surface area contributed by atoms with Crippen LogP contribution in [0.25, 0.3) is 16.8 Å². The lowest BCUT2D eigenvalue weighted by atomic mass is 10.1. The van der Waals surface area contributed by atoms with Crippen molar-refractivity contribution in [3.63, 3.8) is 0 Å². The van der Waals surface area contributed by atoms with Crippen LogP contribution in [0.15, 0.2) is 71.8 Å². The van der Waals surface area contributed by atoms with Gasteiger partial charge in [0.1, 0.15) is 17.8 Å². The fourth-order valence-corrected chi connectivity index (χ4v) is 4.67. The number of pyridine rings is 1. The van der Waals surface area contributed by atoms with Gasteiger partial charge in [0, 0.05) is 0 Å². The second kappa shape index (κ2) is 7.51. The maximum atomic E-state index is 13.3. The molecular formula is C20H13ClFN3O4S.